The highest BCUT2D eigenvalue weighted by atomic mass is 35.5. The first kappa shape index (κ1) is 21.8. The number of nitrogens with two attached hydrogens (primary N) is 1. The number of esters is 1. The Morgan fingerprint density at radius 1 is 1.25 bits per heavy atom. The van der Waals surface area contributed by atoms with Crippen molar-refractivity contribution in [2.24, 2.45) is 5.73 Å². The molecule has 2 heterocycles. The third-order valence-corrected chi connectivity index (χ3v) is 6.69. The van der Waals surface area contributed by atoms with Crippen molar-refractivity contribution in [3.63, 3.8) is 0 Å². The molecule has 6 nitrogen and oxygen atoms in total. The molecule has 32 heavy (non-hydrogen) atoms. The van der Waals surface area contributed by atoms with Crippen molar-refractivity contribution in [1.82, 2.24) is 0 Å². The monoisotopic (exact) mass is 466 g/mol. The summed E-state index contributed by atoms with van der Waals surface area (Å²) in [5.41, 5.74) is 8.40. The zero-order valence-corrected chi connectivity index (χ0v) is 18.9. The molecule has 1 atom stereocenters. The van der Waals surface area contributed by atoms with Crippen LogP contribution in [0.2, 0.25) is 5.02 Å². The number of nitriles is 1. The van der Waals surface area contributed by atoms with E-state index < -0.39 is 11.9 Å². The van der Waals surface area contributed by atoms with Crippen LogP contribution in [0.15, 0.2) is 60.0 Å². The van der Waals surface area contributed by atoms with Gasteiger partial charge >= 0.3 is 5.97 Å². The fourth-order valence-electron chi connectivity index (χ4n) is 3.58. The summed E-state index contributed by atoms with van der Waals surface area (Å²) in [6, 6.07) is 17.1. The second-order valence-corrected chi connectivity index (χ2v) is 8.76. The smallest absolute Gasteiger partial charge is 0.342 e. The van der Waals surface area contributed by atoms with Crippen LogP contribution in [0.3, 0.4) is 0 Å². The largest absolute Gasteiger partial charge is 0.489 e. The van der Waals surface area contributed by atoms with Gasteiger partial charge in [0.25, 0.3) is 0 Å². The summed E-state index contributed by atoms with van der Waals surface area (Å²) in [6.45, 7) is 2.15. The normalized spacial score (nSPS) is 14.9. The van der Waals surface area contributed by atoms with Crippen molar-refractivity contribution >= 4 is 28.9 Å². The van der Waals surface area contributed by atoms with Crippen LogP contribution in [0, 0.1) is 18.3 Å². The predicted molar refractivity (Wildman–Crippen MR) is 122 cm³/mol. The molecular weight excluding hydrogens is 448 g/mol. The summed E-state index contributed by atoms with van der Waals surface area (Å²) < 4.78 is 16.4. The summed E-state index contributed by atoms with van der Waals surface area (Å²) >= 11 is 7.57. The summed E-state index contributed by atoms with van der Waals surface area (Å²) in [6.07, 6.45) is 0. The number of halogens is 1. The number of aryl methyl sites for hydroxylation is 1. The first-order chi connectivity index (χ1) is 15.4. The highest BCUT2D eigenvalue weighted by molar-refractivity contribution is 7.12. The van der Waals surface area contributed by atoms with E-state index in [1.165, 1.54) is 18.4 Å². The predicted octanol–water partition coefficient (Wildman–Crippen LogP) is 5.29. The topological polar surface area (TPSA) is 94.6 Å². The number of methoxy groups -OCH3 is 1. The number of fused-ring (bicyclic) bond motifs is 1. The SMILES string of the molecule is COC(=O)c1c(C)sc2c1OC(N)=C(C#N)C2c1ccc(OCc2ccccc2Cl)cc1. The molecule has 3 aromatic rings. The molecule has 0 amide bonds. The van der Waals surface area contributed by atoms with Gasteiger partial charge in [-0.05, 0) is 30.7 Å². The van der Waals surface area contributed by atoms with E-state index in [9.17, 15) is 10.1 Å². The van der Waals surface area contributed by atoms with E-state index >= 15 is 0 Å². The maximum atomic E-state index is 12.3. The van der Waals surface area contributed by atoms with Crippen molar-refractivity contribution in [2.75, 3.05) is 7.11 Å². The summed E-state index contributed by atoms with van der Waals surface area (Å²) in [5.74, 6) is 0.0275. The Balaban J connectivity index is 1.66. The molecule has 2 N–H and O–H groups in total. The molecule has 0 bridgehead atoms. The minimum Gasteiger partial charge on any atom is -0.489 e. The number of hydrogen-bond acceptors (Lipinski definition) is 7. The van der Waals surface area contributed by atoms with Crippen molar-refractivity contribution in [1.29, 1.82) is 5.26 Å². The average Bonchev–Trinajstić information content (AvgIpc) is 3.12. The van der Waals surface area contributed by atoms with E-state index in [1.54, 1.807) is 0 Å². The molecule has 162 valence electrons. The third-order valence-electron chi connectivity index (χ3n) is 5.17. The van der Waals surface area contributed by atoms with Gasteiger partial charge < -0.3 is 19.9 Å². The van der Waals surface area contributed by atoms with Crippen LogP contribution in [-0.4, -0.2) is 13.1 Å². The Bertz CT molecular complexity index is 1260. The van der Waals surface area contributed by atoms with Gasteiger partial charge in [-0.15, -0.1) is 11.3 Å². The van der Waals surface area contributed by atoms with Gasteiger partial charge in [-0.25, -0.2) is 4.79 Å². The van der Waals surface area contributed by atoms with E-state index in [-0.39, 0.29) is 5.88 Å². The molecule has 0 aliphatic carbocycles. The molecule has 1 aliphatic rings. The van der Waals surface area contributed by atoms with Crippen LogP contribution in [0.4, 0.5) is 0 Å². The van der Waals surface area contributed by atoms with E-state index in [0.717, 1.165) is 20.9 Å². The lowest BCUT2D eigenvalue weighted by Gasteiger charge is -2.24. The van der Waals surface area contributed by atoms with Crippen LogP contribution >= 0.6 is 22.9 Å². The van der Waals surface area contributed by atoms with E-state index in [0.29, 0.717) is 34.3 Å². The summed E-state index contributed by atoms with van der Waals surface area (Å²) in [4.78, 5) is 13.8. The van der Waals surface area contributed by atoms with Gasteiger partial charge in [-0.3, -0.25) is 0 Å². The maximum absolute atomic E-state index is 12.3. The van der Waals surface area contributed by atoms with Gasteiger partial charge in [0, 0.05) is 15.5 Å². The second kappa shape index (κ2) is 8.95. The van der Waals surface area contributed by atoms with Crippen LogP contribution in [0.1, 0.15) is 37.2 Å². The van der Waals surface area contributed by atoms with Gasteiger partial charge in [0.2, 0.25) is 5.88 Å². The Hall–Kier alpha value is -3.47. The molecule has 0 saturated heterocycles. The lowest BCUT2D eigenvalue weighted by Crippen LogP contribution is -2.21. The Labute approximate surface area is 194 Å². The van der Waals surface area contributed by atoms with Crippen LogP contribution in [0.5, 0.6) is 11.5 Å². The molecule has 1 aromatic heterocycles. The number of benzene rings is 2. The minimum absolute atomic E-state index is 0.0213. The lowest BCUT2D eigenvalue weighted by molar-refractivity contribution is 0.0597. The zero-order valence-electron chi connectivity index (χ0n) is 17.3. The molecule has 0 fully saturated rings. The highest BCUT2D eigenvalue weighted by Gasteiger charge is 2.37. The third kappa shape index (κ3) is 3.91. The van der Waals surface area contributed by atoms with Crippen LogP contribution in [-0.2, 0) is 11.3 Å². The van der Waals surface area contributed by atoms with Crippen molar-refractivity contribution in [2.45, 2.75) is 19.4 Å². The number of thiophene rings is 1. The molecule has 2 aromatic carbocycles. The Morgan fingerprint density at radius 3 is 2.62 bits per heavy atom. The first-order valence-corrected chi connectivity index (χ1v) is 10.9. The molecule has 0 radical (unpaired) electrons. The van der Waals surface area contributed by atoms with Crippen molar-refractivity contribution < 1.29 is 19.0 Å². The molecule has 0 spiro atoms. The van der Waals surface area contributed by atoms with Gasteiger partial charge in [-0.1, -0.05) is 41.9 Å². The number of allylic oxidation sites excluding steroid dienone is 1. The zero-order chi connectivity index (χ0) is 22.8. The second-order valence-electron chi connectivity index (χ2n) is 7.09. The van der Waals surface area contributed by atoms with Crippen LogP contribution < -0.4 is 15.2 Å². The van der Waals surface area contributed by atoms with E-state index in [2.05, 4.69) is 6.07 Å². The number of hydrogen-bond donors (Lipinski definition) is 1. The van der Waals surface area contributed by atoms with Gasteiger partial charge in [0.1, 0.15) is 29.6 Å². The number of carbonyl (C=O) groups is 1. The first-order valence-electron chi connectivity index (χ1n) is 9.70. The Kier molecular flexibility index (Phi) is 6.08. The summed E-state index contributed by atoms with van der Waals surface area (Å²) in [7, 11) is 1.31. The molecule has 1 aliphatic heterocycles. The quantitative estimate of drug-likeness (QED) is 0.513. The van der Waals surface area contributed by atoms with Gasteiger partial charge in [-0.2, -0.15) is 5.26 Å². The molecule has 4 rings (SSSR count). The number of rotatable bonds is 5. The van der Waals surface area contributed by atoms with Crippen LogP contribution in [0.25, 0.3) is 0 Å². The average molecular weight is 467 g/mol. The minimum atomic E-state index is -0.504. The molecule has 8 heteroatoms. The standard InChI is InChI=1S/C24H19ClN2O4S/c1-13-19(24(28)29-2)21-22(32-13)20(17(11-26)23(27)31-21)14-7-9-16(10-8-14)30-12-15-5-3-4-6-18(15)25/h3-10,20H,12,27H2,1-2H3. The van der Waals surface area contributed by atoms with E-state index in [1.807, 2.05) is 55.5 Å². The van der Waals surface area contributed by atoms with E-state index in [4.69, 9.17) is 31.5 Å². The molecule has 1 unspecified atom stereocenters. The van der Waals surface area contributed by atoms with Crippen molar-refractivity contribution in [3.05, 3.63) is 91.5 Å². The fourth-order valence-corrected chi connectivity index (χ4v) is 4.99. The molecular formula is C24H19ClN2O4S. The number of carbonyl (C=O) groups excluding carboxylic acids is 1. The van der Waals surface area contributed by atoms with Gasteiger partial charge in [0.15, 0.2) is 5.75 Å². The maximum Gasteiger partial charge on any atom is 0.342 e. The number of nitrogens with zero attached hydrogens (tertiary/aromatic N) is 1. The van der Waals surface area contributed by atoms with Crippen molar-refractivity contribution in [3.8, 4) is 17.6 Å². The van der Waals surface area contributed by atoms with Gasteiger partial charge in [0.05, 0.1) is 17.9 Å². The Morgan fingerprint density at radius 2 is 1.97 bits per heavy atom. The molecule has 0 saturated carbocycles. The fraction of sp³-hybridized carbons (Fsp3) is 0.167. The summed E-state index contributed by atoms with van der Waals surface area (Å²) in [5, 5.41) is 10.4. The number of ether oxygens (including phenoxy) is 3. The lowest BCUT2D eigenvalue weighted by atomic mass is 9.88. The highest BCUT2D eigenvalue weighted by Crippen LogP contribution is 2.49.